The van der Waals surface area contributed by atoms with Gasteiger partial charge in [-0.2, -0.15) is 0 Å². The molecule has 0 unspecified atom stereocenters. The number of thioether (sulfide) groups is 1. The van der Waals surface area contributed by atoms with Crippen LogP contribution < -0.4 is 11.1 Å². The van der Waals surface area contributed by atoms with Gasteiger partial charge in [0.1, 0.15) is 11.3 Å². The molecule has 0 bridgehead atoms. The molecule has 0 radical (unpaired) electrons. The molecule has 0 heterocycles. The van der Waals surface area contributed by atoms with E-state index in [1.54, 1.807) is 24.2 Å². The highest BCUT2D eigenvalue weighted by Gasteiger charge is 2.23. The molecule has 0 atom stereocenters. The van der Waals surface area contributed by atoms with E-state index in [1.165, 1.54) is 0 Å². The Morgan fingerprint density at radius 2 is 2.18 bits per heavy atom. The zero-order valence-corrected chi connectivity index (χ0v) is 11.5. The highest BCUT2D eigenvalue weighted by Crippen LogP contribution is 2.28. The highest BCUT2D eigenvalue weighted by molar-refractivity contribution is 8.13. The summed E-state index contributed by atoms with van der Waals surface area (Å²) in [5, 5.41) is 8.18. The van der Waals surface area contributed by atoms with Crippen molar-refractivity contribution in [2.45, 2.75) is 38.6 Å². The summed E-state index contributed by atoms with van der Waals surface area (Å²) in [5.74, 6) is 1.56. The van der Waals surface area contributed by atoms with Crippen LogP contribution in [0.3, 0.4) is 0 Å². The van der Waals surface area contributed by atoms with Crippen LogP contribution in [0.2, 0.25) is 0 Å². The Labute approximate surface area is 108 Å². The lowest BCUT2D eigenvalue weighted by Crippen LogP contribution is -2.29. The first-order valence-corrected chi connectivity index (χ1v) is 7.20. The van der Waals surface area contributed by atoms with E-state index in [4.69, 9.17) is 10.6 Å². The van der Waals surface area contributed by atoms with E-state index in [2.05, 4.69) is 17.4 Å². The van der Waals surface area contributed by atoms with Crippen molar-refractivity contribution in [1.29, 1.82) is 0 Å². The monoisotopic (exact) mass is 257 g/mol. The van der Waals surface area contributed by atoms with E-state index in [0.717, 1.165) is 36.5 Å². The first-order valence-electron chi connectivity index (χ1n) is 6.22. The molecule has 1 saturated carbocycles. The molecule has 4 nitrogen and oxygen atoms in total. The molecule has 0 amide bonds. The zero-order valence-electron chi connectivity index (χ0n) is 10.7. The zero-order chi connectivity index (χ0) is 12.5. The smallest absolute Gasteiger partial charge is 0.137 e. The summed E-state index contributed by atoms with van der Waals surface area (Å²) in [6.45, 7) is 2.14. The lowest BCUT2D eigenvalue weighted by molar-refractivity contribution is 0.262. The van der Waals surface area contributed by atoms with Gasteiger partial charge in [0.05, 0.1) is 0 Å². The minimum atomic E-state index is 0.379. The van der Waals surface area contributed by atoms with Gasteiger partial charge in [0.25, 0.3) is 0 Å². The SMILES string of the molecule is CCS/C(=N\O/C=C\NC)C1CCC(N)CC1. The van der Waals surface area contributed by atoms with Crippen LogP contribution in [0.1, 0.15) is 32.6 Å². The molecule has 1 fully saturated rings. The van der Waals surface area contributed by atoms with Crippen LogP contribution in [0.25, 0.3) is 0 Å². The van der Waals surface area contributed by atoms with Crippen molar-refractivity contribution in [2.75, 3.05) is 12.8 Å². The second-order valence-corrected chi connectivity index (χ2v) is 5.46. The van der Waals surface area contributed by atoms with Crippen molar-refractivity contribution in [3.05, 3.63) is 12.5 Å². The lowest BCUT2D eigenvalue weighted by atomic mass is 9.87. The standard InChI is InChI=1S/C12H23N3OS/c1-3-17-12(15-16-9-8-14-2)10-4-6-11(13)7-5-10/h8-11,14H,3-7,13H2,1-2H3/b9-8-,15-12-. The molecule has 1 aliphatic carbocycles. The third-order valence-electron chi connectivity index (χ3n) is 2.85. The Morgan fingerprint density at radius 3 is 2.76 bits per heavy atom. The van der Waals surface area contributed by atoms with Gasteiger partial charge in [0.15, 0.2) is 0 Å². The van der Waals surface area contributed by atoms with Gasteiger partial charge >= 0.3 is 0 Å². The van der Waals surface area contributed by atoms with Gasteiger partial charge < -0.3 is 15.9 Å². The van der Waals surface area contributed by atoms with Crippen LogP contribution >= 0.6 is 11.8 Å². The summed E-state index contributed by atoms with van der Waals surface area (Å²) in [4.78, 5) is 5.16. The summed E-state index contributed by atoms with van der Waals surface area (Å²) in [6.07, 6.45) is 7.73. The molecular weight excluding hydrogens is 234 g/mol. The topological polar surface area (TPSA) is 59.6 Å². The number of hydrogen-bond donors (Lipinski definition) is 2. The Balaban J connectivity index is 2.49. The van der Waals surface area contributed by atoms with Gasteiger partial charge in [0.2, 0.25) is 0 Å². The van der Waals surface area contributed by atoms with Gasteiger partial charge in [-0.05, 0) is 31.4 Å². The van der Waals surface area contributed by atoms with Crippen molar-refractivity contribution in [1.82, 2.24) is 5.32 Å². The van der Waals surface area contributed by atoms with Crippen molar-refractivity contribution < 1.29 is 4.84 Å². The predicted octanol–water partition coefficient (Wildman–Crippen LogP) is 2.28. The number of rotatable bonds is 5. The molecule has 5 heteroatoms. The Kier molecular flexibility index (Phi) is 7.12. The maximum Gasteiger partial charge on any atom is 0.137 e. The first-order chi connectivity index (χ1) is 8.27. The largest absolute Gasteiger partial charge is 0.391 e. The van der Waals surface area contributed by atoms with Crippen LogP contribution in [0.4, 0.5) is 0 Å². The minimum absolute atomic E-state index is 0.379. The molecule has 3 N–H and O–H groups in total. The summed E-state index contributed by atoms with van der Waals surface area (Å²) in [7, 11) is 1.83. The van der Waals surface area contributed by atoms with E-state index >= 15 is 0 Å². The van der Waals surface area contributed by atoms with Crippen molar-refractivity contribution in [2.24, 2.45) is 16.8 Å². The lowest BCUT2D eigenvalue weighted by Gasteiger charge is -2.26. The molecule has 0 saturated heterocycles. The van der Waals surface area contributed by atoms with Gasteiger partial charge in [-0.3, -0.25) is 0 Å². The fraction of sp³-hybridized carbons (Fsp3) is 0.750. The molecule has 1 aliphatic rings. The fourth-order valence-electron chi connectivity index (χ4n) is 1.91. The summed E-state index contributed by atoms with van der Waals surface area (Å²) in [5.41, 5.74) is 5.91. The van der Waals surface area contributed by atoms with Gasteiger partial charge in [-0.15, -0.1) is 11.8 Å². The van der Waals surface area contributed by atoms with E-state index in [9.17, 15) is 0 Å². The summed E-state index contributed by atoms with van der Waals surface area (Å²) < 4.78 is 0. The van der Waals surface area contributed by atoms with Crippen LogP contribution in [0.5, 0.6) is 0 Å². The van der Waals surface area contributed by atoms with Crippen LogP contribution in [0.15, 0.2) is 17.6 Å². The van der Waals surface area contributed by atoms with Gasteiger partial charge in [0, 0.05) is 25.2 Å². The Morgan fingerprint density at radius 1 is 1.47 bits per heavy atom. The van der Waals surface area contributed by atoms with Crippen molar-refractivity contribution in [3.8, 4) is 0 Å². The quantitative estimate of drug-likeness (QED) is 0.343. The molecule has 0 aromatic rings. The molecule has 98 valence electrons. The normalized spacial score (nSPS) is 26.2. The molecule has 0 aromatic heterocycles. The van der Waals surface area contributed by atoms with Crippen LogP contribution in [-0.2, 0) is 4.84 Å². The molecule has 17 heavy (non-hydrogen) atoms. The molecule has 0 spiro atoms. The van der Waals surface area contributed by atoms with Crippen LogP contribution in [-0.4, -0.2) is 23.9 Å². The number of nitrogens with two attached hydrogens (primary N) is 1. The average Bonchev–Trinajstić information content (AvgIpc) is 2.34. The molecule has 1 rings (SSSR count). The van der Waals surface area contributed by atoms with Gasteiger partial charge in [-0.25, -0.2) is 0 Å². The molecular formula is C12H23N3OS. The van der Waals surface area contributed by atoms with Crippen molar-refractivity contribution in [3.63, 3.8) is 0 Å². The number of nitrogens with one attached hydrogen (secondary N) is 1. The van der Waals surface area contributed by atoms with E-state index in [-0.39, 0.29) is 0 Å². The third-order valence-corrected chi connectivity index (χ3v) is 3.84. The number of nitrogens with zero attached hydrogens (tertiary/aromatic N) is 1. The summed E-state index contributed by atoms with van der Waals surface area (Å²) >= 11 is 1.77. The third kappa shape index (κ3) is 5.46. The number of oxime groups is 1. The first kappa shape index (κ1) is 14.4. The van der Waals surface area contributed by atoms with Crippen LogP contribution in [0, 0.1) is 5.92 Å². The maximum atomic E-state index is 5.91. The highest BCUT2D eigenvalue weighted by atomic mass is 32.2. The maximum absolute atomic E-state index is 5.91. The summed E-state index contributed by atoms with van der Waals surface area (Å²) in [6, 6.07) is 0.379. The van der Waals surface area contributed by atoms with E-state index in [1.807, 2.05) is 7.05 Å². The Hall–Kier alpha value is -0.680. The predicted molar refractivity (Wildman–Crippen MR) is 74.8 cm³/mol. The second kappa shape index (κ2) is 8.42. The Bertz CT molecular complexity index is 260. The number of hydrogen-bond acceptors (Lipinski definition) is 5. The molecule has 0 aliphatic heterocycles. The average molecular weight is 257 g/mol. The van der Waals surface area contributed by atoms with Crippen molar-refractivity contribution >= 4 is 16.8 Å². The second-order valence-electron chi connectivity index (χ2n) is 4.17. The van der Waals surface area contributed by atoms with E-state index < -0.39 is 0 Å². The van der Waals surface area contributed by atoms with Gasteiger partial charge in [-0.1, -0.05) is 12.1 Å². The fourth-order valence-corrected chi connectivity index (χ4v) is 2.78. The minimum Gasteiger partial charge on any atom is -0.391 e. The van der Waals surface area contributed by atoms with E-state index in [0.29, 0.717) is 12.0 Å². The molecule has 0 aromatic carbocycles.